The molecule has 0 atom stereocenters. The first-order valence-electron chi connectivity index (χ1n) is 10.1. The average Bonchev–Trinajstić information content (AvgIpc) is 3.39. The normalized spacial score (nSPS) is 16.8. The van der Waals surface area contributed by atoms with Crippen LogP contribution in [0.15, 0.2) is 47.4 Å². The molecule has 2 aromatic rings. The number of amides is 1. The number of rotatable bonds is 5. The zero-order chi connectivity index (χ0) is 20.6. The molecule has 1 aliphatic carbocycles. The summed E-state index contributed by atoms with van der Waals surface area (Å²) in [5.74, 6) is -0.130. The predicted molar refractivity (Wildman–Crippen MR) is 115 cm³/mol. The van der Waals surface area contributed by atoms with Crippen LogP contribution >= 0.6 is 11.6 Å². The number of nitrogens with zero attached hydrogens (tertiary/aromatic N) is 2. The minimum absolute atomic E-state index is 0.0100. The second-order valence-electron chi connectivity index (χ2n) is 7.63. The van der Waals surface area contributed by atoms with Crippen LogP contribution in [0.4, 0.5) is 5.69 Å². The van der Waals surface area contributed by atoms with E-state index in [1.807, 2.05) is 36.1 Å². The van der Waals surface area contributed by atoms with E-state index in [9.17, 15) is 13.2 Å². The van der Waals surface area contributed by atoms with Gasteiger partial charge in [0.2, 0.25) is 0 Å². The minimum atomic E-state index is -3.86. The lowest BCUT2D eigenvalue weighted by molar-refractivity contribution is 0.0693. The number of hydrogen-bond donors (Lipinski definition) is 0. The fourth-order valence-corrected chi connectivity index (χ4v) is 6.47. The second-order valence-corrected chi connectivity index (χ2v) is 9.87. The Labute approximate surface area is 177 Å². The van der Waals surface area contributed by atoms with E-state index in [0.717, 1.165) is 31.2 Å². The van der Waals surface area contributed by atoms with Crippen LogP contribution in [0, 0.1) is 0 Å². The number of anilines is 1. The number of benzene rings is 2. The van der Waals surface area contributed by atoms with E-state index in [2.05, 4.69) is 0 Å². The molecule has 1 fully saturated rings. The first-order valence-corrected chi connectivity index (χ1v) is 12.0. The molecule has 0 unspecified atom stereocenters. The van der Waals surface area contributed by atoms with Crippen LogP contribution in [0.25, 0.3) is 0 Å². The summed E-state index contributed by atoms with van der Waals surface area (Å²) in [4.78, 5) is 15.0. The Bertz CT molecular complexity index is 1030. The van der Waals surface area contributed by atoms with Crippen LogP contribution in [0.1, 0.15) is 48.5 Å². The van der Waals surface area contributed by atoms with Crippen LogP contribution in [0.2, 0.25) is 5.02 Å². The fraction of sp³-hybridized carbons (Fsp3) is 0.409. The van der Waals surface area contributed by atoms with Crippen LogP contribution < -0.4 is 4.31 Å². The molecule has 0 bridgehead atoms. The summed E-state index contributed by atoms with van der Waals surface area (Å²) in [5, 5.41) is 0.134. The lowest BCUT2D eigenvalue weighted by Gasteiger charge is -2.28. The number of hydrogen-bond acceptors (Lipinski definition) is 3. The highest BCUT2D eigenvalue weighted by molar-refractivity contribution is 7.93. The van der Waals surface area contributed by atoms with Gasteiger partial charge in [-0.25, -0.2) is 8.42 Å². The lowest BCUT2D eigenvalue weighted by Crippen LogP contribution is -2.38. The number of sulfonamides is 1. The molecular weight excluding hydrogens is 408 g/mol. The molecule has 0 saturated heterocycles. The molecule has 4 rings (SSSR count). The molecule has 1 aliphatic heterocycles. The average molecular weight is 433 g/mol. The van der Waals surface area contributed by atoms with Gasteiger partial charge >= 0.3 is 0 Å². The third-order valence-electron chi connectivity index (χ3n) is 5.96. The lowest BCUT2D eigenvalue weighted by atomic mass is 10.1. The first kappa shape index (κ1) is 20.2. The molecule has 0 radical (unpaired) electrons. The molecule has 5 nitrogen and oxygen atoms in total. The van der Waals surface area contributed by atoms with Crippen LogP contribution in [-0.2, 0) is 16.4 Å². The van der Waals surface area contributed by atoms with E-state index >= 15 is 0 Å². The van der Waals surface area contributed by atoms with Gasteiger partial charge in [0.05, 0.1) is 10.7 Å². The quantitative estimate of drug-likeness (QED) is 0.699. The highest BCUT2D eigenvalue weighted by Crippen LogP contribution is 2.35. The number of carbonyl (C=O) groups is 1. The van der Waals surface area contributed by atoms with Crippen LogP contribution in [-0.4, -0.2) is 38.4 Å². The van der Waals surface area contributed by atoms with Gasteiger partial charge in [-0.05, 0) is 56.0 Å². The maximum atomic E-state index is 13.4. The molecule has 7 heteroatoms. The summed E-state index contributed by atoms with van der Waals surface area (Å²) in [6, 6.07) is 12.3. The van der Waals surface area contributed by atoms with Gasteiger partial charge in [-0.3, -0.25) is 9.10 Å². The minimum Gasteiger partial charge on any atom is -0.336 e. The molecule has 154 valence electrons. The van der Waals surface area contributed by atoms with Gasteiger partial charge in [0.1, 0.15) is 4.90 Å². The van der Waals surface area contributed by atoms with Crippen molar-refractivity contribution in [3.8, 4) is 0 Å². The van der Waals surface area contributed by atoms with E-state index in [-0.39, 0.29) is 21.9 Å². The van der Waals surface area contributed by atoms with Crippen molar-refractivity contribution in [2.24, 2.45) is 0 Å². The number of halogens is 1. The molecule has 1 heterocycles. The van der Waals surface area contributed by atoms with E-state index in [1.54, 1.807) is 6.07 Å². The van der Waals surface area contributed by atoms with Crippen molar-refractivity contribution in [3.63, 3.8) is 0 Å². The molecule has 29 heavy (non-hydrogen) atoms. The first-order chi connectivity index (χ1) is 13.9. The fourth-order valence-electron chi connectivity index (χ4n) is 4.46. The SMILES string of the molecule is CCN(C(=O)c1ccc(Cl)c(S(=O)(=O)N2CCc3ccccc32)c1)C1CCCC1. The Kier molecular flexibility index (Phi) is 5.58. The molecule has 0 N–H and O–H groups in total. The Morgan fingerprint density at radius 2 is 1.90 bits per heavy atom. The molecule has 0 aromatic heterocycles. The summed E-state index contributed by atoms with van der Waals surface area (Å²) in [6.45, 7) is 2.94. The maximum absolute atomic E-state index is 13.4. The molecular formula is C22H25ClN2O3S. The van der Waals surface area contributed by atoms with Gasteiger partial charge in [-0.2, -0.15) is 0 Å². The molecule has 2 aromatic carbocycles. The molecule has 1 saturated carbocycles. The van der Waals surface area contributed by atoms with Gasteiger partial charge in [0, 0.05) is 24.7 Å². The predicted octanol–water partition coefficient (Wildman–Crippen LogP) is 4.50. The van der Waals surface area contributed by atoms with Crippen molar-refractivity contribution in [2.75, 3.05) is 17.4 Å². The summed E-state index contributed by atoms with van der Waals surface area (Å²) in [6.07, 6.45) is 4.93. The smallest absolute Gasteiger partial charge is 0.265 e. The van der Waals surface area contributed by atoms with Crippen molar-refractivity contribution < 1.29 is 13.2 Å². The summed E-state index contributed by atoms with van der Waals surface area (Å²) < 4.78 is 28.2. The zero-order valence-electron chi connectivity index (χ0n) is 16.5. The van der Waals surface area contributed by atoms with Crippen molar-refractivity contribution >= 4 is 33.2 Å². The Morgan fingerprint density at radius 1 is 1.17 bits per heavy atom. The number of fused-ring (bicyclic) bond motifs is 1. The summed E-state index contributed by atoms with van der Waals surface area (Å²) in [5.41, 5.74) is 2.05. The Morgan fingerprint density at radius 3 is 2.62 bits per heavy atom. The summed E-state index contributed by atoms with van der Waals surface area (Å²) in [7, 11) is -3.86. The highest BCUT2D eigenvalue weighted by atomic mass is 35.5. The van der Waals surface area contributed by atoms with Crippen molar-refractivity contribution in [2.45, 2.75) is 50.0 Å². The maximum Gasteiger partial charge on any atom is 0.265 e. The largest absolute Gasteiger partial charge is 0.336 e. The molecule has 0 spiro atoms. The zero-order valence-corrected chi connectivity index (χ0v) is 18.0. The van der Waals surface area contributed by atoms with Gasteiger partial charge in [0.15, 0.2) is 0 Å². The standard InChI is InChI=1S/C22H25ClN2O3S/c1-2-24(18-8-4-5-9-18)22(26)17-11-12-19(23)21(15-17)29(27,28)25-14-13-16-7-3-6-10-20(16)25/h3,6-7,10-12,15,18H,2,4-5,8-9,13-14H2,1H3. The topological polar surface area (TPSA) is 57.7 Å². The summed E-state index contributed by atoms with van der Waals surface area (Å²) >= 11 is 6.30. The van der Waals surface area contributed by atoms with E-state index in [1.165, 1.54) is 16.4 Å². The third-order valence-corrected chi connectivity index (χ3v) is 8.25. The van der Waals surface area contributed by atoms with Gasteiger partial charge in [-0.15, -0.1) is 0 Å². The Hall–Kier alpha value is -2.05. The van der Waals surface area contributed by atoms with Crippen molar-refractivity contribution in [1.82, 2.24) is 4.90 Å². The highest BCUT2D eigenvalue weighted by Gasteiger charge is 2.33. The number of para-hydroxylation sites is 1. The number of carbonyl (C=O) groups excluding carboxylic acids is 1. The van der Waals surface area contributed by atoms with E-state index < -0.39 is 10.0 Å². The third kappa shape index (κ3) is 3.64. The van der Waals surface area contributed by atoms with Crippen molar-refractivity contribution in [1.29, 1.82) is 0 Å². The second kappa shape index (κ2) is 8.00. The molecule has 1 amide bonds. The van der Waals surface area contributed by atoms with Crippen LogP contribution in [0.5, 0.6) is 0 Å². The van der Waals surface area contributed by atoms with Gasteiger partial charge in [0.25, 0.3) is 15.9 Å². The molecule has 2 aliphatic rings. The van der Waals surface area contributed by atoms with Crippen LogP contribution in [0.3, 0.4) is 0 Å². The van der Waals surface area contributed by atoms with Gasteiger partial charge in [-0.1, -0.05) is 42.6 Å². The van der Waals surface area contributed by atoms with Gasteiger partial charge < -0.3 is 4.90 Å². The monoisotopic (exact) mass is 432 g/mol. The van der Waals surface area contributed by atoms with E-state index in [0.29, 0.717) is 30.8 Å². The Balaban J connectivity index is 1.69. The van der Waals surface area contributed by atoms with E-state index in [4.69, 9.17) is 11.6 Å². The van der Waals surface area contributed by atoms with Crippen molar-refractivity contribution in [3.05, 3.63) is 58.6 Å².